The first-order chi connectivity index (χ1) is 42.2. The van der Waals surface area contributed by atoms with E-state index in [0.29, 0.717) is 62.4 Å². The van der Waals surface area contributed by atoms with Crippen molar-refractivity contribution in [2.45, 2.75) is 122 Å². The van der Waals surface area contributed by atoms with Crippen LogP contribution in [0.1, 0.15) is 95.2 Å². The fourth-order valence-corrected chi connectivity index (χ4v) is 12.3. The van der Waals surface area contributed by atoms with E-state index in [9.17, 15) is 43.1 Å². The summed E-state index contributed by atoms with van der Waals surface area (Å²) in [5.41, 5.74) is 0.258. The van der Waals surface area contributed by atoms with E-state index in [1.54, 1.807) is 63.8 Å². The molecule has 478 valence electrons. The molecular formula is C64H79F3N10O12. The van der Waals surface area contributed by atoms with Crippen LogP contribution < -0.4 is 26.2 Å². The molecule has 5 unspecified atom stereocenters. The third-order valence-electron chi connectivity index (χ3n) is 17.5. The highest BCUT2D eigenvalue weighted by atomic mass is 19.1. The maximum Gasteiger partial charge on any atom is 0.410 e. The standard InChI is InChI=1S/C64H79F3N10O12/c1-37-30-74(46(33-75(37)61(84)85)32-73-22-25-88-35-38(73)2)34-53(79)77-36-64(7,48-19-14-41(27-51(48)77)26-40-12-16-44(65)17-13-40)60(83)68-29-52(78)69-45-18-15-43-31-76(56(47(43)28-45)58(81)71-55-49(66)10-9-11-50(55)67)59(82)54(42-20-23-87-24-21-42)70-57(80)39(3)72(8)62(86)89-63(4,5)6/h9-19,27-28,37-39,42,46,54,56H,20-26,29-36H2,1-8H3,(H,68,83)(H,69,78)(H,70,80)(H,71,81)(H,84,85)/t37?,38-,39?,46?,54?,56+,64?/m1/s1. The number of morpholine rings is 1. The highest BCUT2D eigenvalue weighted by Crippen LogP contribution is 2.43. The van der Waals surface area contributed by atoms with Crippen LogP contribution in [-0.2, 0) is 61.4 Å². The van der Waals surface area contributed by atoms with Crippen molar-refractivity contribution >= 4 is 64.7 Å². The van der Waals surface area contributed by atoms with Crippen LogP contribution in [0.4, 0.5) is 39.8 Å². The van der Waals surface area contributed by atoms with E-state index in [1.165, 1.54) is 48.0 Å². The number of nitrogens with one attached hydrogen (secondary N) is 4. The van der Waals surface area contributed by atoms with Gasteiger partial charge in [-0.2, -0.15) is 0 Å². The highest BCUT2D eigenvalue weighted by molar-refractivity contribution is 6.05. The minimum Gasteiger partial charge on any atom is -0.465 e. The molecule has 4 aromatic rings. The van der Waals surface area contributed by atoms with E-state index in [2.05, 4.69) is 26.2 Å². The number of rotatable bonds is 17. The van der Waals surface area contributed by atoms with E-state index in [-0.39, 0.29) is 75.2 Å². The molecule has 3 fully saturated rings. The summed E-state index contributed by atoms with van der Waals surface area (Å²) in [6.45, 7) is 14.1. The quantitative estimate of drug-likeness (QED) is 0.0812. The summed E-state index contributed by atoms with van der Waals surface area (Å²) >= 11 is 0. The molecule has 0 spiro atoms. The lowest BCUT2D eigenvalue weighted by Gasteiger charge is -2.47. The lowest BCUT2D eigenvalue weighted by molar-refractivity contribution is -0.144. The second kappa shape index (κ2) is 27.3. The molecule has 7 atom stereocenters. The maximum absolute atomic E-state index is 15.2. The number of hydrogen-bond donors (Lipinski definition) is 5. The monoisotopic (exact) mass is 1240 g/mol. The molecule has 22 nitrogen and oxygen atoms in total. The predicted octanol–water partition coefficient (Wildman–Crippen LogP) is 6.02. The van der Waals surface area contributed by atoms with E-state index in [1.807, 2.05) is 24.0 Å². The molecule has 8 amide bonds. The number of likely N-dealkylation sites (N-methyl/N-ethyl adjacent to an activating group) is 1. The number of halogens is 3. The molecule has 0 bridgehead atoms. The lowest BCUT2D eigenvalue weighted by atomic mass is 9.83. The normalized spacial score (nSPS) is 22.1. The Hall–Kier alpha value is -8.13. The van der Waals surface area contributed by atoms with Crippen molar-refractivity contribution in [1.29, 1.82) is 0 Å². The maximum atomic E-state index is 15.2. The summed E-state index contributed by atoms with van der Waals surface area (Å²) in [5.74, 6) is -7.10. The molecule has 5 aliphatic rings. The number of carbonyl (C=O) groups excluding carboxylic acids is 7. The fourth-order valence-electron chi connectivity index (χ4n) is 12.3. The number of anilines is 3. The molecule has 0 aliphatic carbocycles. The summed E-state index contributed by atoms with van der Waals surface area (Å²) in [4.78, 5) is 122. The van der Waals surface area contributed by atoms with E-state index in [4.69, 9.17) is 14.2 Å². The first kappa shape index (κ1) is 65.3. The number of nitrogens with zero attached hydrogens (tertiary/aromatic N) is 6. The molecule has 5 aliphatic heterocycles. The lowest BCUT2D eigenvalue weighted by Crippen LogP contribution is -2.64. The van der Waals surface area contributed by atoms with Gasteiger partial charge in [0.2, 0.25) is 29.5 Å². The van der Waals surface area contributed by atoms with Gasteiger partial charge in [-0.3, -0.25) is 43.5 Å². The van der Waals surface area contributed by atoms with Crippen LogP contribution >= 0.6 is 0 Å². The van der Waals surface area contributed by atoms with Gasteiger partial charge >= 0.3 is 12.2 Å². The van der Waals surface area contributed by atoms with Crippen LogP contribution in [-0.4, -0.2) is 192 Å². The average Bonchev–Trinajstić information content (AvgIpc) is 1.90. The molecule has 0 radical (unpaired) electrons. The van der Waals surface area contributed by atoms with Crippen molar-refractivity contribution in [3.05, 3.63) is 124 Å². The van der Waals surface area contributed by atoms with Gasteiger partial charge in [-0.15, -0.1) is 0 Å². The largest absolute Gasteiger partial charge is 0.465 e. The van der Waals surface area contributed by atoms with Crippen molar-refractivity contribution in [2.75, 3.05) is 94.8 Å². The number of carboxylic acid groups (broad SMARTS) is 1. The number of fused-ring (bicyclic) bond motifs is 2. The van der Waals surface area contributed by atoms with Crippen LogP contribution in [0, 0.1) is 23.4 Å². The zero-order valence-electron chi connectivity index (χ0n) is 51.4. The summed E-state index contributed by atoms with van der Waals surface area (Å²) in [5, 5.41) is 20.8. The highest BCUT2D eigenvalue weighted by Gasteiger charge is 2.49. The summed E-state index contributed by atoms with van der Waals surface area (Å²) < 4.78 is 61.1. The Labute approximate surface area is 515 Å². The Morgan fingerprint density at radius 3 is 2.20 bits per heavy atom. The number of amides is 8. The van der Waals surface area contributed by atoms with Gasteiger partial charge in [0.25, 0.3) is 5.91 Å². The minimum absolute atomic E-state index is 0.0664. The smallest absolute Gasteiger partial charge is 0.410 e. The number of para-hydroxylation sites is 1. The van der Waals surface area contributed by atoms with Crippen LogP contribution in [0.2, 0.25) is 0 Å². The summed E-state index contributed by atoms with van der Waals surface area (Å²) in [6.07, 6.45) is -0.779. The van der Waals surface area contributed by atoms with Gasteiger partial charge in [-0.05, 0) is 144 Å². The van der Waals surface area contributed by atoms with Crippen molar-refractivity contribution in [3.8, 4) is 0 Å². The molecule has 0 saturated carbocycles. The zero-order valence-corrected chi connectivity index (χ0v) is 51.4. The zero-order chi connectivity index (χ0) is 64.2. The number of ether oxygens (including phenoxy) is 3. The Morgan fingerprint density at radius 2 is 1.53 bits per heavy atom. The van der Waals surface area contributed by atoms with Gasteiger partial charge in [0, 0.05) is 89.0 Å². The molecule has 3 saturated heterocycles. The van der Waals surface area contributed by atoms with Crippen molar-refractivity contribution in [1.82, 2.24) is 35.1 Å². The van der Waals surface area contributed by atoms with Gasteiger partial charge in [0.1, 0.15) is 46.9 Å². The average molecular weight is 1240 g/mol. The minimum atomic E-state index is -1.57. The molecule has 89 heavy (non-hydrogen) atoms. The van der Waals surface area contributed by atoms with Crippen molar-refractivity contribution < 1.29 is 70.8 Å². The first-order valence-corrected chi connectivity index (χ1v) is 30.0. The van der Waals surface area contributed by atoms with E-state index in [0.717, 1.165) is 34.2 Å². The second-order valence-corrected chi connectivity index (χ2v) is 25.1. The van der Waals surface area contributed by atoms with Gasteiger partial charge < -0.3 is 55.3 Å². The molecule has 0 aromatic heterocycles. The molecule has 5 N–H and O–H groups in total. The Bertz CT molecular complexity index is 3330. The van der Waals surface area contributed by atoms with Crippen LogP contribution in [0.5, 0.6) is 0 Å². The third kappa shape index (κ3) is 15.0. The van der Waals surface area contributed by atoms with Crippen molar-refractivity contribution in [2.24, 2.45) is 5.92 Å². The second-order valence-electron chi connectivity index (χ2n) is 25.1. The molecule has 4 aromatic carbocycles. The molecule has 25 heteroatoms. The topological polar surface area (TPSA) is 252 Å². The van der Waals surface area contributed by atoms with Crippen LogP contribution in [0.25, 0.3) is 0 Å². The van der Waals surface area contributed by atoms with Gasteiger partial charge in [-0.25, -0.2) is 22.8 Å². The number of carbonyl (C=O) groups is 8. The number of hydrogen-bond acceptors (Lipinski definition) is 13. The molecular weight excluding hydrogens is 1160 g/mol. The fraction of sp³-hybridized carbons (Fsp3) is 0.500. The Balaban J connectivity index is 0.944. The number of benzene rings is 4. The van der Waals surface area contributed by atoms with Gasteiger partial charge in [-0.1, -0.05) is 36.4 Å². The number of piperazine rings is 1. The van der Waals surface area contributed by atoms with E-state index < -0.39 is 113 Å². The predicted molar refractivity (Wildman–Crippen MR) is 322 cm³/mol. The first-order valence-electron chi connectivity index (χ1n) is 30.0. The van der Waals surface area contributed by atoms with Gasteiger partial charge in [0.05, 0.1) is 31.7 Å². The van der Waals surface area contributed by atoms with E-state index >= 15 is 13.6 Å². The SMILES string of the molecule is CC(C(=O)NC(C(=O)N1Cc2ccc(NC(=O)CNC(=O)C3(C)CN(C(=O)CN4CC(C)N(C(=O)O)CC4CN4CCOC[C@H]4C)c4cc(Cc5ccc(F)cc5)ccc43)cc2[C@H]1C(=O)Nc1c(F)cccc1F)C1CCOCC1)N(C)C(=O)OC(C)(C)C. The Kier molecular flexibility index (Phi) is 20.0. The summed E-state index contributed by atoms with van der Waals surface area (Å²) in [7, 11) is 1.38. The third-order valence-corrected chi connectivity index (χ3v) is 17.5. The molecule has 9 rings (SSSR count). The van der Waals surface area contributed by atoms with Crippen molar-refractivity contribution in [3.63, 3.8) is 0 Å². The van der Waals surface area contributed by atoms with Crippen LogP contribution in [0.3, 0.4) is 0 Å². The van der Waals surface area contributed by atoms with Gasteiger partial charge in [0.15, 0.2) is 0 Å². The van der Waals surface area contributed by atoms with Crippen LogP contribution in [0.15, 0.2) is 78.9 Å². The summed E-state index contributed by atoms with van der Waals surface area (Å²) in [6, 6.07) is 14.4. The molecule has 5 heterocycles. The Morgan fingerprint density at radius 1 is 0.831 bits per heavy atom.